The summed E-state index contributed by atoms with van der Waals surface area (Å²) in [6, 6.07) is 5.91. The van der Waals surface area contributed by atoms with Crippen LogP contribution in [0.2, 0.25) is 0 Å². The van der Waals surface area contributed by atoms with E-state index >= 15 is 0 Å². The minimum absolute atomic E-state index is 0.781. The van der Waals surface area contributed by atoms with Crippen molar-refractivity contribution >= 4 is 22.8 Å². The summed E-state index contributed by atoms with van der Waals surface area (Å²) in [7, 11) is 0. The first-order valence-electron chi connectivity index (χ1n) is 6.76. The Morgan fingerprint density at radius 1 is 1.06 bits per heavy atom. The largest absolute Gasteiger partial charge is 0.491 e. The van der Waals surface area contributed by atoms with E-state index in [0.717, 1.165) is 29.8 Å². The first kappa shape index (κ1) is 13.3. The highest BCUT2D eigenvalue weighted by atomic mass is 32.1. The number of hydrogen-bond donors (Lipinski definition) is 0. The summed E-state index contributed by atoms with van der Waals surface area (Å²) in [5.74, 6) is 0.870. The van der Waals surface area contributed by atoms with Crippen molar-refractivity contribution in [3.05, 3.63) is 18.2 Å². The van der Waals surface area contributed by atoms with E-state index in [-0.39, 0.29) is 0 Å². The molecular formula is C14H20N2OS. The summed E-state index contributed by atoms with van der Waals surface area (Å²) in [4.78, 5) is 0. The molecule has 0 amide bonds. The average Bonchev–Trinajstić information content (AvgIpc) is 2.86. The van der Waals surface area contributed by atoms with E-state index in [1.54, 1.807) is 0 Å². The molecule has 2 aromatic rings. The van der Waals surface area contributed by atoms with Gasteiger partial charge in [0, 0.05) is 0 Å². The normalized spacial score (nSPS) is 10.9. The third-order valence-electron chi connectivity index (χ3n) is 3.00. The molecular weight excluding hydrogens is 244 g/mol. The van der Waals surface area contributed by atoms with Crippen LogP contribution in [0.5, 0.6) is 5.75 Å². The third-order valence-corrected chi connectivity index (χ3v) is 3.55. The zero-order valence-corrected chi connectivity index (χ0v) is 11.7. The van der Waals surface area contributed by atoms with Crippen molar-refractivity contribution in [2.45, 2.75) is 45.4 Å². The lowest BCUT2D eigenvalue weighted by atomic mass is 10.1. The number of ether oxygens (including phenoxy) is 1. The summed E-state index contributed by atoms with van der Waals surface area (Å²) in [5.41, 5.74) is 1.83. The molecule has 4 heteroatoms. The molecule has 0 aliphatic carbocycles. The van der Waals surface area contributed by atoms with Crippen LogP contribution >= 0.6 is 11.7 Å². The van der Waals surface area contributed by atoms with Gasteiger partial charge in [0.2, 0.25) is 0 Å². The maximum absolute atomic E-state index is 5.79. The zero-order valence-electron chi connectivity index (χ0n) is 10.9. The van der Waals surface area contributed by atoms with Crippen molar-refractivity contribution in [2.75, 3.05) is 6.61 Å². The summed E-state index contributed by atoms with van der Waals surface area (Å²) in [5, 5.41) is 0. The molecule has 1 heterocycles. The van der Waals surface area contributed by atoms with E-state index < -0.39 is 0 Å². The second-order valence-corrected chi connectivity index (χ2v) is 5.03. The van der Waals surface area contributed by atoms with E-state index in [0.29, 0.717) is 0 Å². The summed E-state index contributed by atoms with van der Waals surface area (Å²) in [6.07, 6.45) is 7.70. The van der Waals surface area contributed by atoms with Gasteiger partial charge in [-0.3, -0.25) is 0 Å². The SMILES string of the molecule is CCCCCCCCOc1cccc2nsnc12. The highest BCUT2D eigenvalue weighted by Crippen LogP contribution is 2.23. The molecule has 98 valence electrons. The van der Waals surface area contributed by atoms with Crippen molar-refractivity contribution in [3.8, 4) is 5.75 Å². The second-order valence-electron chi connectivity index (χ2n) is 4.50. The molecule has 0 aliphatic rings. The standard InChI is InChI=1S/C14H20N2OS/c1-2-3-4-5-6-7-11-17-13-10-8-9-12-14(13)16-18-15-12/h8-10H,2-7,11H2,1H3. The maximum atomic E-state index is 5.79. The van der Waals surface area contributed by atoms with E-state index in [1.807, 2.05) is 18.2 Å². The molecule has 0 atom stereocenters. The Morgan fingerprint density at radius 2 is 1.89 bits per heavy atom. The first-order valence-corrected chi connectivity index (χ1v) is 7.49. The van der Waals surface area contributed by atoms with Gasteiger partial charge in [-0.25, -0.2) is 0 Å². The van der Waals surface area contributed by atoms with Crippen LogP contribution < -0.4 is 4.74 Å². The smallest absolute Gasteiger partial charge is 0.148 e. The quantitative estimate of drug-likeness (QED) is 0.661. The van der Waals surface area contributed by atoms with E-state index in [1.165, 1.54) is 43.8 Å². The molecule has 0 bridgehead atoms. The van der Waals surface area contributed by atoms with Crippen LogP contribution in [0.25, 0.3) is 11.0 Å². The molecule has 3 nitrogen and oxygen atoms in total. The van der Waals surface area contributed by atoms with Crippen molar-refractivity contribution < 1.29 is 4.74 Å². The Hall–Kier alpha value is -1.16. The number of unbranched alkanes of at least 4 members (excludes halogenated alkanes) is 5. The van der Waals surface area contributed by atoms with Gasteiger partial charge in [-0.05, 0) is 18.6 Å². The molecule has 2 rings (SSSR count). The highest BCUT2D eigenvalue weighted by Gasteiger charge is 2.05. The second kappa shape index (κ2) is 7.31. The number of benzene rings is 1. The summed E-state index contributed by atoms with van der Waals surface area (Å²) in [6.45, 7) is 3.02. The van der Waals surface area contributed by atoms with Crippen LogP contribution in [0.15, 0.2) is 18.2 Å². The fourth-order valence-electron chi connectivity index (χ4n) is 1.96. The molecule has 1 aromatic carbocycles. The van der Waals surface area contributed by atoms with Crippen molar-refractivity contribution in [2.24, 2.45) is 0 Å². The predicted molar refractivity (Wildman–Crippen MR) is 76.3 cm³/mol. The summed E-state index contributed by atoms with van der Waals surface area (Å²) < 4.78 is 14.3. The van der Waals surface area contributed by atoms with Crippen molar-refractivity contribution in [1.82, 2.24) is 8.75 Å². The molecule has 0 unspecified atom stereocenters. The Kier molecular flexibility index (Phi) is 5.39. The fourth-order valence-corrected chi connectivity index (χ4v) is 2.50. The van der Waals surface area contributed by atoms with Crippen LogP contribution in [0.4, 0.5) is 0 Å². The predicted octanol–water partition coefficient (Wildman–Crippen LogP) is 4.43. The Bertz CT molecular complexity index is 470. The lowest BCUT2D eigenvalue weighted by Crippen LogP contribution is -1.97. The Labute approximate surface area is 113 Å². The van der Waals surface area contributed by atoms with Gasteiger partial charge in [0.1, 0.15) is 16.8 Å². The van der Waals surface area contributed by atoms with Crippen LogP contribution in [-0.2, 0) is 0 Å². The molecule has 1 aromatic heterocycles. The van der Waals surface area contributed by atoms with Gasteiger partial charge in [0.25, 0.3) is 0 Å². The maximum Gasteiger partial charge on any atom is 0.148 e. The summed E-state index contributed by atoms with van der Waals surface area (Å²) >= 11 is 1.24. The Morgan fingerprint density at radius 3 is 2.78 bits per heavy atom. The van der Waals surface area contributed by atoms with Gasteiger partial charge in [-0.15, -0.1) is 0 Å². The number of fused-ring (bicyclic) bond motifs is 1. The molecule has 0 radical (unpaired) electrons. The number of hydrogen-bond acceptors (Lipinski definition) is 4. The van der Waals surface area contributed by atoms with Crippen LogP contribution in [0, 0.1) is 0 Å². The van der Waals surface area contributed by atoms with Gasteiger partial charge < -0.3 is 4.74 Å². The van der Waals surface area contributed by atoms with Gasteiger partial charge in [-0.1, -0.05) is 45.1 Å². The first-order chi connectivity index (χ1) is 8.92. The molecule has 0 aliphatic heterocycles. The lowest BCUT2D eigenvalue weighted by Gasteiger charge is -2.06. The number of rotatable bonds is 8. The van der Waals surface area contributed by atoms with E-state index in [4.69, 9.17) is 4.74 Å². The fraction of sp³-hybridized carbons (Fsp3) is 0.571. The van der Waals surface area contributed by atoms with Crippen molar-refractivity contribution in [3.63, 3.8) is 0 Å². The number of aromatic nitrogens is 2. The molecule has 18 heavy (non-hydrogen) atoms. The van der Waals surface area contributed by atoms with Crippen molar-refractivity contribution in [1.29, 1.82) is 0 Å². The topological polar surface area (TPSA) is 35.0 Å². The number of nitrogens with zero attached hydrogens (tertiary/aromatic N) is 2. The average molecular weight is 264 g/mol. The molecule has 0 spiro atoms. The van der Waals surface area contributed by atoms with Crippen LogP contribution in [-0.4, -0.2) is 15.4 Å². The molecule has 0 saturated heterocycles. The Balaban J connectivity index is 1.72. The van der Waals surface area contributed by atoms with E-state index in [9.17, 15) is 0 Å². The molecule has 0 N–H and O–H groups in total. The zero-order chi connectivity index (χ0) is 12.6. The molecule has 0 saturated carbocycles. The van der Waals surface area contributed by atoms with Crippen LogP contribution in [0.1, 0.15) is 45.4 Å². The van der Waals surface area contributed by atoms with Gasteiger partial charge in [0.15, 0.2) is 0 Å². The highest BCUT2D eigenvalue weighted by molar-refractivity contribution is 7.00. The van der Waals surface area contributed by atoms with Gasteiger partial charge in [-0.2, -0.15) is 8.75 Å². The van der Waals surface area contributed by atoms with E-state index in [2.05, 4.69) is 15.7 Å². The van der Waals surface area contributed by atoms with Crippen LogP contribution in [0.3, 0.4) is 0 Å². The van der Waals surface area contributed by atoms with Gasteiger partial charge in [0.05, 0.1) is 18.3 Å². The minimum Gasteiger partial charge on any atom is -0.491 e. The third kappa shape index (κ3) is 3.67. The monoisotopic (exact) mass is 264 g/mol. The molecule has 0 fully saturated rings. The van der Waals surface area contributed by atoms with Gasteiger partial charge >= 0.3 is 0 Å². The lowest BCUT2D eigenvalue weighted by molar-refractivity contribution is 0.307. The minimum atomic E-state index is 0.781.